The van der Waals surface area contributed by atoms with Gasteiger partial charge in [0.2, 0.25) is 0 Å². The van der Waals surface area contributed by atoms with Crippen molar-refractivity contribution in [3.63, 3.8) is 0 Å². The van der Waals surface area contributed by atoms with E-state index in [0.29, 0.717) is 10.6 Å². The summed E-state index contributed by atoms with van der Waals surface area (Å²) in [4.78, 5) is 0.341. The van der Waals surface area contributed by atoms with Crippen molar-refractivity contribution in [2.24, 2.45) is 10.9 Å². The molecule has 1 rings (SSSR count). The van der Waals surface area contributed by atoms with Crippen LogP contribution in [0.5, 0.6) is 0 Å². The Hall–Kier alpha value is -1.36. The molecule has 0 spiro atoms. The number of hydrazone groups is 1. The van der Waals surface area contributed by atoms with Crippen LogP contribution in [0.25, 0.3) is 0 Å². The summed E-state index contributed by atoms with van der Waals surface area (Å²) in [7, 11) is -3.31. The first-order valence-corrected chi connectivity index (χ1v) is 6.14. The van der Waals surface area contributed by atoms with Gasteiger partial charge in [-0.3, -0.25) is 0 Å². The van der Waals surface area contributed by atoms with Crippen LogP contribution in [-0.2, 0) is 9.84 Å². The molecule has 5 heteroatoms. The minimum Gasteiger partial charge on any atom is -0.323 e. The number of nitrogens with two attached hydrogens (primary N) is 1. The van der Waals surface area contributed by atoms with Crippen LogP contribution < -0.4 is 5.84 Å². The van der Waals surface area contributed by atoms with Crippen LogP contribution in [0.3, 0.4) is 0 Å². The van der Waals surface area contributed by atoms with E-state index < -0.39 is 9.84 Å². The molecule has 0 radical (unpaired) electrons. The van der Waals surface area contributed by atoms with Crippen molar-refractivity contribution in [2.75, 3.05) is 5.75 Å². The third-order valence-electron chi connectivity index (χ3n) is 2.05. The van der Waals surface area contributed by atoms with Gasteiger partial charge in [0.05, 0.1) is 10.6 Å². The Labute approximate surface area is 89.7 Å². The number of sulfone groups is 1. The van der Waals surface area contributed by atoms with Gasteiger partial charge in [-0.25, -0.2) is 8.42 Å². The maximum absolute atomic E-state index is 11.9. The van der Waals surface area contributed by atoms with Crippen LogP contribution in [0.1, 0.15) is 12.5 Å². The highest BCUT2D eigenvalue weighted by Gasteiger charge is 2.17. The second-order valence-electron chi connectivity index (χ2n) is 3.39. The lowest BCUT2D eigenvalue weighted by molar-refractivity contribution is 0.599. The van der Waals surface area contributed by atoms with Gasteiger partial charge in [0.1, 0.15) is 0 Å². The minimum absolute atomic E-state index is 0.131. The molecule has 0 amide bonds. The number of rotatable bonds is 3. The Morgan fingerprint density at radius 3 is 2.53 bits per heavy atom. The van der Waals surface area contributed by atoms with E-state index in [0.717, 1.165) is 5.56 Å². The summed E-state index contributed by atoms with van der Waals surface area (Å²) >= 11 is 0. The van der Waals surface area contributed by atoms with Gasteiger partial charge in [0, 0.05) is 5.71 Å². The van der Waals surface area contributed by atoms with Gasteiger partial charge in [0.15, 0.2) is 9.84 Å². The molecule has 0 heterocycles. The molecule has 0 unspecified atom stereocenters. The number of benzene rings is 1. The molecule has 15 heavy (non-hydrogen) atoms. The fourth-order valence-corrected chi connectivity index (χ4v) is 2.92. The van der Waals surface area contributed by atoms with Crippen molar-refractivity contribution in [1.29, 1.82) is 0 Å². The predicted molar refractivity (Wildman–Crippen MR) is 60.5 cm³/mol. The summed E-state index contributed by atoms with van der Waals surface area (Å²) < 4.78 is 23.8. The van der Waals surface area contributed by atoms with Crippen molar-refractivity contribution >= 4 is 15.5 Å². The van der Waals surface area contributed by atoms with Crippen molar-refractivity contribution in [3.8, 4) is 0 Å². The Morgan fingerprint density at radius 2 is 2.00 bits per heavy atom. The summed E-state index contributed by atoms with van der Waals surface area (Å²) in [6, 6.07) is 6.86. The van der Waals surface area contributed by atoms with Gasteiger partial charge in [-0.15, -0.1) is 0 Å². The lowest BCUT2D eigenvalue weighted by Gasteiger charge is -2.06. The zero-order valence-corrected chi connectivity index (χ0v) is 9.58. The summed E-state index contributed by atoms with van der Waals surface area (Å²) in [5.41, 5.74) is 1.14. The van der Waals surface area contributed by atoms with Crippen molar-refractivity contribution in [1.82, 2.24) is 0 Å². The highest BCUT2D eigenvalue weighted by atomic mass is 32.2. The van der Waals surface area contributed by atoms with E-state index in [1.165, 1.54) is 0 Å². The molecule has 0 fully saturated rings. The topological polar surface area (TPSA) is 72.5 Å². The number of hydrogen-bond donors (Lipinski definition) is 1. The van der Waals surface area contributed by atoms with Crippen LogP contribution in [-0.4, -0.2) is 19.9 Å². The second kappa shape index (κ2) is 4.44. The van der Waals surface area contributed by atoms with E-state index in [2.05, 4.69) is 5.10 Å². The van der Waals surface area contributed by atoms with E-state index in [4.69, 9.17) is 5.84 Å². The lowest BCUT2D eigenvalue weighted by Crippen LogP contribution is -2.15. The van der Waals surface area contributed by atoms with Crippen molar-refractivity contribution in [2.45, 2.75) is 18.7 Å². The molecule has 1 aromatic carbocycles. The van der Waals surface area contributed by atoms with Crippen LogP contribution in [0.4, 0.5) is 0 Å². The first-order valence-electron chi connectivity index (χ1n) is 4.49. The molecular weight excluding hydrogens is 212 g/mol. The number of nitrogens with zero attached hydrogens (tertiary/aromatic N) is 1. The van der Waals surface area contributed by atoms with Gasteiger partial charge < -0.3 is 5.84 Å². The Bertz CT molecular complexity index is 478. The molecule has 1 aromatic rings. The molecule has 0 saturated carbocycles. The molecule has 0 aromatic heterocycles. The molecule has 0 aliphatic rings. The Kier molecular flexibility index (Phi) is 3.47. The smallest absolute Gasteiger partial charge is 0.184 e. The highest BCUT2D eigenvalue weighted by molar-refractivity contribution is 7.92. The van der Waals surface area contributed by atoms with Gasteiger partial charge >= 0.3 is 0 Å². The summed E-state index contributed by atoms with van der Waals surface area (Å²) in [6.07, 6.45) is 0. The average Bonchev–Trinajstić information content (AvgIpc) is 2.17. The zero-order chi connectivity index (χ0) is 11.5. The maximum atomic E-state index is 11.9. The quantitative estimate of drug-likeness (QED) is 0.476. The zero-order valence-electron chi connectivity index (χ0n) is 8.77. The third kappa shape index (κ3) is 2.79. The van der Waals surface area contributed by atoms with E-state index in [9.17, 15) is 8.42 Å². The van der Waals surface area contributed by atoms with Crippen LogP contribution in [0.2, 0.25) is 0 Å². The molecule has 4 nitrogen and oxygen atoms in total. The minimum atomic E-state index is -3.31. The van der Waals surface area contributed by atoms with E-state index in [1.54, 1.807) is 38.1 Å². The SMILES string of the molecule is CC(CS(=O)(=O)c1ccccc1C)=NN. The van der Waals surface area contributed by atoms with Gasteiger partial charge in [-0.05, 0) is 25.5 Å². The molecule has 0 bridgehead atoms. The first-order chi connectivity index (χ1) is 6.97. The normalized spacial score (nSPS) is 12.8. The van der Waals surface area contributed by atoms with Crippen molar-refractivity contribution < 1.29 is 8.42 Å². The van der Waals surface area contributed by atoms with Crippen LogP contribution >= 0.6 is 0 Å². The maximum Gasteiger partial charge on any atom is 0.184 e. The van der Waals surface area contributed by atoms with Gasteiger partial charge in [-0.2, -0.15) is 5.10 Å². The second-order valence-corrected chi connectivity index (χ2v) is 5.35. The molecule has 0 atom stereocenters. The summed E-state index contributed by atoms with van der Waals surface area (Å²) in [5.74, 6) is 4.89. The van der Waals surface area contributed by atoms with E-state index >= 15 is 0 Å². The monoisotopic (exact) mass is 226 g/mol. The van der Waals surface area contributed by atoms with Crippen molar-refractivity contribution in [3.05, 3.63) is 29.8 Å². The molecular formula is C10H14N2O2S. The molecule has 0 aliphatic carbocycles. The summed E-state index contributed by atoms with van der Waals surface area (Å²) in [6.45, 7) is 3.36. The van der Waals surface area contributed by atoms with Gasteiger partial charge in [0.25, 0.3) is 0 Å². The predicted octanol–water partition coefficient (Wildman–Crippen LogP) is 1.10. The Morgan fingerprint density at radius 1 is 1.40 bits per heavy atom. The highest BCUT2D eigenvalue weighted by Crippen LogP contribution is 2.15. The van der Waals surface area contributed by atoms with E-state index in [1.807, 2.05) is 0 Å². The number of hydrogen-bond acceptors (Lipinski definition) is 4. The fraction of sp³-hybridized carbons (Fsp3) is 0.300. The standard InChI is InChI=1S/C10H14N2O2S/c1-8-5-3-4-6-10(8)15(13,14)7-9(2)12-11/h3-6H,7,11H2,1-2H3. The van der Waals surface area contributed by atoms with E-state index in [-0.39, 0.29) is 5.75 Å². The molecule has 82 valence electrons. The van der Waals surface area contributed by atoms with Crippen LogP contribution in [0, 0.1) is 6.92 Å². The Balaban J connectivity index is 3.13. The molecule has 0 saturated heterocycles. The van der Waals surface area contributed by atoms with Gasteiger partial charge in [-0.1, -0.05) is 18.2 Å². The molecule has 0 aliphatic heterocycles. The largest absolute Gasteiger partial charge is 0.323 e. The lowest BCUT2D eigenvalue weighted by atomic mass is 10.2. The van der Waals surface area contributed by atoms with Crippen LogP contribution in [0.15, 0.2) is 34.3 Å². The number of aryl methyl sites for hydroxylation is 1. The molecule has 2 N–H and O–H groups in total. The fourth-order valence-electron chi connectivity index (χ4n) is 1.30. The first kappa shape index (κ1) is 11.7. The summed E-state index contributed by atoms with van der Waals surface area (Å²) in [5, 5.41) is 3.37. The average molecular weight is 226 g/mol. The third-order valence-corrected chi connectivity index (χ3v) is 3.97.